The summed E-state index contributed by atoms with van der Waals surface area (Å²) in [4.78, 5) is 28.2. The van der Waals surface area contributed by atoms with Crippen molar-refractivity contribution in [2.24, 2.45) is 5.92 Å². The van der Waals surface area contributed by atoms with E-state index in [2.05, 4.69) is 29.5 Å². The molecule has 156 valence electrons. The van der Waals surface area contributed by atoms with Crippen LogP contribution in [0.25, 0.3) is 0 Å². The van der Waals surface area contributed by atoms with Crippen LogP contribution >= 0.6 is 0 Å². The molecule has 0 unspecified atom stereocenters. The lowest BCUT2D eigenvalue weighted by molar-refractivity contribution is 0.0965. The minimum atomic E-state index is -0.261. The highest BCUT2D eigenvalue weighted by molar-refractivity contribution is 6.13. The Balaban J connectivity index is 1.51. The van der Waals surface area contributed by atoms with Crippen molar-refractivity contribution in [2.45, 2.75) is 46.0 Å². The zero-order valence-electron chi connectivity index (χ0n) is 17.3. The number of ether oxygens (including phenoxy) is 1. The van der Waals surface area contributed by atoms with Crippen LogP contribution in [0, 0.1) is 5.92 Å². The van der Waals surface area contributed by atoms with Crippen molar-refractivity contribution in [2.75, 3.05) is 25.0 Å². The SMILES string of the molecule is CC(C)CNCCCOc1ccc(NC(=O)c2c[nH]c3c2C(=O)CCCC3)cc1. The Kier molecular flexibility index (Phi) is 7.47. The van der Waals surface area contributed by atoms with Crippen molar-refractivity contribution < 1.29 is 14.3 Å². The number of amides is 1. The lowest BCUT2D eigenvalue weighted by Crippen LogP contribution is -2.22. The van der Waals surface area contributed by atoms with Gasteiger partial charge in [-0.15, -0.1) is 0 Å². The second-order valence-corrected chi connectivity index (χ2v) is 7.96. The summed E-state index contributed by atoms with van der Waals surface area (Å²) in [6.07, 6.45) is 5.75. The lowest BCUT2D eigenvalue weighted by Gasteiger charge is -2.10. The largest absolute Gasteiger partial charge is 0.494 e. The van der Waals surface area contributed by atoms with E-state index in [1.165, 1.54) is 0 Å². The van der Waals surface area contributed by atoms with Crippen LogP contribution in [0.1, 0.15) is 65.9 Å². The summed E-state index contributed by atoms with van der Waals surface area (Å²) in [5.41, 5.74) is 2.55. The number of fused-ring (bicyclic) bond motifs is 1. The van der Waals surface area contributed by atoms with Crippen LogP contribution < -0.4 is 15.4 Å². The fraction of sp³-hybridized carbons (Fsp3) is 0.478. The number of aryl methyl sites for hydroxylation is 1. The Morgan fingerprint density at radius 1 is 1.17 bits per heavy atom. The number of Topliss-reactive ketones (excluding diaryl/α,β-unsaturated/α-hetero) is 1. The number of aromatic nitrogens is 1. The first-order valence-electron chi connectivity index (χ1n) is 10.5. The summed E-state index contributed by atoms with van der Waals surface area (Å²) in [5, 5.41) is 6.27. The van der Waals surface area contributed by atoms with E-state index in [9.17, 15) is 9.59 Å². The second-order valence-electron chi connectivity index (χ2n) is 7.96. The standard InChI is InChI=1S/C23H31N3O3/c1-16(2)14-24-12-5-13-29-18-10-8-17(9-11-18)26-23(28)19-15-25-20-6-3-4-7-21(27)22(19)20/h8-11,15-16,24-25H,3-7,12-14H2,1-2H3,(H,26,28). The highest BCUT2D eigenvalue weighted by Gasteiger charge is 2.24. The number of anilines is 1. The molecule has 0 saturated carbocycles. The fourth-order valence-corrected chi connectivity index (χ4v) is 3.48. The number of carbonyl (C=O) groups is 2. The molecular weight excluding hydrogens is 366 g/mol. The number of aromatic amines is 1. The van der Waals surface area contributed by atoms with Crippen LogP contribution in [-0.4, -0.2) is 36.4 Å². The number of ketones is 1. The van der Waals surface area contributed by atoms with Gasteiger partial charge in [0.15, 0.2) is 5.78 Å². The van der Waals surface area contributed by atoms with Gasteiger partial charge in [-0.25, -0.2) is 0 Å². The van der Waals surface area contributed by atoms with E-state index >= 15 is 0 Å². The molecule has 2 aromatic rings. The van der Waals surface area contributed by atoms with E-state index in [-0.39, 0.29) is 11.7 Å². The van der Waals surface area contributed by atoms with Crippen molar-refractivity contribution in [1.29, 1.82) is 0 Å². The first kappa shape index (κ1) is 21.1. The number of H-pyrrole nitrogens is 1. The van der Waals surface area contributed by atoms with Crippen LogP contribution in [-0.2, 0) is 6.42 Å². The summed E-state index contributed by atoms with van der Waals surface area (Å²) in [7, 11) is 0. The molecule has 6 heteroatoms. The van der Waals surface area contributed by atoms with Crippen LogP contribution in [0.2, 0.25) is 0 Å². The van der Waals surface area contributed by atoms with Gasteiger partial charge in [0.1, 0.15) is 5.75 Å². The van der Waals surface area contributed by atoms with Gasteiger partial charge < -0.3 is 20.4 Å². The van der Waals surface area contributed by atoms with Gasteiger partial charge >= 0.3 is 0 Å². The number of hydrogen-bond acceptors (Lipinski definition) is 4. The predicted octanol–water partition coefficient (Wildman–Crippen LogP) is 4.19. The molecule has 6 nitrogen and oxygen atoms in total. The predicted molar refractivity (Wildman–Crippen MR) is 115 cm³/mol. The molecule has 1 aromatic heterocycles. The summed E-state index contributed by atoms with van der Waals surface area (Å²) in [6.45, 7) is 6.98. The zero-order chi connectivity index (χ0) is 20.6. The van der Waals surface area contributed by atoms with Crippen LogP contribution in [0.3, 0.4) is 0 Å². The number of nitrogens with one attached hydrogen (secondary N) is 3. The molecule has 3 N–H and O–H groups in total. The maximum atomic E-state index is 12.7. The van der Waals surface area contributed by atoms with E-state index in [1.54, 1.807) is 6.20 Å². The maximum absolute atomic E-state index is 12.7. The third kappa shape index (κ3) is 5.94. The van der Waals surface area contributed by atoms with E-state index in [4.69, 9.17) is 4.74 Å². The van der Waals surface area contributed by atoms with Crippen molar-refractivity contribution in [3.05, 3.63) is 47.3 Å². The second kappa shape index (κ2) is 10.3. The van der Waals surface area contributed by atoms with Gasteiger partial charge in [0, 0.05) is 24.0 Å². The summed E-state index contributed by atoms with van der Waals surface area (Å²) in [6, 6.07) is 7.33. The van der Waals surface area contributed by atoms with Gasteiger partial charge in [-0.1, -0.05) is 13.8 Å². The molecule has 0 fully saturated rings. The third-order valence-corrected chi connectivity index (χ3v) is 5.00. The Morgan fingerprint density at radius 3 is 2.69 bits per heavy atom. The molecule has 29 heavy (non-hydrogen) atoms. The van der Waals surface area contributed by atoms with Gasteiger partial charge in [0.2, 0.25) is 0 Å². The maximum Gasteiger partial charge on any atom is 0.257 e. The smallest absolute Gasteiger partial charge is 0.257 e. The molecule has 3 rings (SSSR count). The van der Waals surface area contributed by atoms with E-state index < -0.39 is 0 Å². The van der Waals surface area contributed by atoms with Crippen LogP contribution in [0.4, 0.5) is 5.69 Å². The van der Waals surface area contributed by atoms with Gasteiger partial charge in [0.25, 0.3) is 5.91 Å². The van der Waals surface area contributed by atoms with Crippen LogP contribution in [0.15, 0.2) is 30.5 Å². The average Bonchev–Trinajstić information content (AvgIpc) is 3.04. The quantitative estimate of drug-likeness (QED) is 0.438. The summed E-state index contributed by atoms with van der Waals surface area (Å²) in [5.74, 6) is 1.22. The fourth-order valence-electron chi connectivity index (χ4n) is 3.48. The van der Waals surface area contributed by atoms with E-state index in [1.807, 2.05) is 24.3 Å². The average molecular weight is 398 g/mol. The topological polar surface area (TPSA) is 83.2 Å². The highest BCUT2D eigenvalue weighted by atomic mass is 16.5. The van der Waals surface area contributed by atoms with Gasteiger partial charge in [-0.3, -0.25) is 9.59 Å². The van der Waals surface area contributed by atoms with E-state index in [0.717, 1.165) is 50.2 Å². The number of benzene rings is 1. The number of rotatable bonds is 9. The minimum absolute atomic E-state index is 0.0514. The molecule has 1 aromatic carbocycles. The Labute approximate surface area is 172 Å². The highest BCUT2D eigenvalue weighted by Crippen LogP contribution is 2.24. The van der Waals surface area contributed by atoms with Crippen LogP contribution in [0.5, 0.6) is 5.75 Å². The number of hydrogen-bond donors (Lipinski definition) is 3. The molecule has 0 spiro atoms. The molecule has 0 bridgehead atoms. The monoisotopic (exact) mass is 397 g/mol. The third-order valence-electron chi connectivity index (χ3n) is 5.00. The Hall–Kier alpha value is -2.60. The van der Waals surface area contributed by atoms with Crippen molar-refractivity contribution in [3.8, 4) is 5.75 Å². The molecule has 1 aliphatic rings. The van der Waals surface area contributed by atoms with Gasteiger partial charge in [-0.05, 0) is 69.0 Å². The number of carbonyl (C=O) groups excluding carboxylic acids is 2. The van der Waals surface area contributed by atoms with Gasteiger partial charge in [-0.2, -0.15) is 0 Å². The molecule has 1 aliphatic carbocycles. The molecule has 0 aliphatic heterocycles. The van der Waals surface area contributed by atoms with Gasteiger partial charge in [0.05, 0.1) is 17.7 Å². The van der Waals surface area contributed by atoms with Crippen molar-refractivity contribution in [1.82, 2.24) is 10.3 Å². The Morgan fingerprint density at radius 2 is 1.93 bits per heavy atom. The Bertz CT molecular complexity index is 824. The van der Waals surface area contributed by atoms with E-state index in [0.29, 0.717) is 35.8 Å². The molecule has 0 radical (unpaired) electrons. The zero-order valence-corrected chi connectivity index (χ0v) is 17.3. The molecule has 1 heterocycles. The molecule has 1 amide bonds. The lowest BCUT2D eigenvalue weighted by atomic mass is 10.0. The normalized spacial score (nSPS) is 13.8. The molecule has 0 saturated heterocycles. The first-order chi connectivity index (χ1) is 14.0. The molecule has 0 atom stereocenters. The minimum Gasteiger partial charge on any atom is -0.494 e. The first-order valence-corrected chi connectivity index (χ1v) is 10.5. The molecular formula is C23H31N3O3. The van der Waals surface area contributed by atoms with Crippen molar-refractivity contribution >= 4 is 17.4 Å². The summed E-state index contributed by atoms with van der Waals surface area (Å²) >= 11 is 0. The van der Waals surface area contributed by atoms with Crippen molar-refractivity contribution in [3.63, 3.8) is 0 Å². The summed E-state index contributed by atoms with van der Waals surface area (Å²) < 4.78 is 5.75.